The number of primary amides is 2. The Morgan fingerprint density at radius 2 is 2.04 bits per heavy atom. The normalized spacial score (nSPS) is 12.4. The number of hydrogen-bond donors (Lipinski definition) is 4. The molecule has 2 aromatic rings. The number of rotatable bonds is 9. The zero-order valence-corrected chi connectivity index (χ0v) is 16.2. The molecule has 0 aliphatic rings. The van der Waals surface area contributed by atoms with E-state index < -0.39 is 27.7 Å². The van der Waals surface area contributed by atoms with Crippen LogP contribution in [0.25, 0.3) is 0 Å². The van der Waals surface area contributed by atoms with Crippen LogP contribution in [0.2, 0.25) is 0 Å². The third kappa shape index (κ3) is 6.14. The van der Waals surface area contributed by atoms with Gasteiger partial charge in [0.05, 0.1) is 17.6 Å². The van der Waals surface area contributed by atoms with E-state index in [0.29, 0.717) is 5.00 Å². The minimum atomic E-state index is -3.27. The van der Waals surface area contributed by atoms with Gasteiger partial charge in [0, 0.05) is 6.26 Å². The van der Waals surface area contributed by atoms with Gasteiger partial charge in [-0.1, -0.05) is 0 Å². The monoisotopic (exact) mass is 413 g/mol. The number of hydrogen-bond acceptors (Lipinski definition) is 10. The number of anilines is 3. The first-order valence-corrected chi connectivity index (χ1v) is 10.5. The van der Waals surface area contributed by atoms with Gasteiger partial charge in [-0.3, -0.25) is 9.59 Å². The summed E-state index contributed by atoms with van der Waals surface area (Å²) >= 11 is 1.16. The Bertz CT molecular complexity index is 958. The number of aromatic nitrogens is 3. The summed E-state index contributed by atoms with van der Waals surface area (Å²) in [6.45, 7) is 1.81. The fraction of sp³-hybridized carbons (Fsp3) is 0.357. The summed E-state index contributed by atoms with van der Waals surface area (Å²) in [6.07, 6.45) is 2.23. The van der Waals surface area contributed by atoms with Crippen LogP contribution < -0.4 is 22.1 Å². The number of nitrogens with zero attached hydrogens (tertiary/aromatic N) is 3. The lowest BCUT2D eigenvalue weighted by atomic mass is 10.2. The number of carbonyl (C=O) groups excluding carboxylic acids is 2. The number of amides is 2. The van der Waals surface area contributed by atoms with E-state index in [1.807, 2.05) is 0 Å². The van der Waals surface area contributed by atoms with Crippen LogP contribution in [-0.2, 0) is 14.6 Å². The van der Waals surface area contributed by atoms with Crippen molar-refractivity contribution in [3.63, 3.8) is 0 Å². The maximum absolute atomic E-state index is 11.6. The lowest BCUT2D eigenvalue weighted by Crippen LogP contribution is -2.37. The van der Waals surface area contributed by atoms with Crippen LogP contribution in [0.5, 0.6) is 0 Å². The second-order valence-electron chi connectivity index (χ2n) is 5.79. The topological polar surface area (TPSA) is 183 Å². The Hall–Kier alpha value is -2.80. The fourth-order valence-electron chi connectivity index (χ4n) is 2.06. The van der Waals surface area contributed by atoms with E-state index in [-0.39, 0.29) is 29.5 Å². The van der Waals surface area contributed by atoms with Crippen molar-refractivity contribution < 1.29 is 18.0 Å². The van der Waals surface area contributed by atoms with Gasteiger partial charge in [0.25, 0.3) is 5.91 Å². The fourth-order valence-corrected chi connectivity index (χ4v) is 3.39. The molecule has 0 bridgehead atoms. The minimum Gasteiger partial charge on any atom is -0.368 e. The molecule has 146 valence electrons. The van der Waals surface area contributed by atoms with Crippen LogP contribution >= 0.6 is 11.5 Å². The molecule has 2 rings (SSSR count). The molecule has 13 heteroatoms. The summed E-state index contributed by atoms with van der Waals surface area (Å²) in [5.74, 6) is -1.57. The van der Waals surface area contributed by atoms with Gasteiger partial charge in [0.15, 0.2) is 11.5 Å². The molecule has 6 N–H and O–H groups in total. The summed E-state index contributed by atoms with van der Waals surface area (Å²) in [5.41, 5.74) is 11.3. The van der Waals surface area contributed by atoms with Crippen LogP contribution in [-0.4, -0.2) is 52.6 Å². The highest BCUT2D eigenvalue weighted by Crippen LogP contribution is 2.23. The van der Waals surface area contributed by atoms with Crippen LogP contribution in [0.3, 0.4) is 0 Å². The first-order valence-electron chi connectivity index (χ1n) is 7.66. The standard InChI is InChI=1S/C14H19N7O4S2/c1-7-5-10(26-21-7)20-14-11(13(16)23)17-6-9(19-14)18-8(12(15)22)3-4-27(2,24)25/h5-6,8H,3-4H2,1-2H3,(H2,15,22)(H2,16,23)(H2,18,19,20). The second kappa shape index (κ2) is 8.26. The van der Waals surface area contributed by atoms with Crippen molar-refractivity contribution in [1.82, 2.24) is 14.3 Å². The van der Waals surface area contributed by atoms with Gasteiger partial charge >= 0.3 is 0 Å². The molecule has 0 saturated heterocycles. The molecule has 0 radical (unpaired) electrons. The first kappa shape index (κ1) is 20.5. The van der Waals surface area contributed by atoms with Crippen molar-refractivity contribution in [2.45, 2.75) is 19.4 Å². The predicted molar refractivity (Wildman–Crippen MR) is 102 cm³/mol. The number of nitrogens with one attached hydrogen (secondary N) is 2. The Kier molecular flexibility index (Phi) is 6.28. The average Bonchev–Trinajstić information content (AvgIpc) is 2.95. The smallest absolute Gasteiger partial charge is 0.271 e. The second-order valence-corrected chi connectivity index (χ2v) is 8.86. The van der Waals surface area contributed by atoms with Crippen molar-refractivity contribution in [1.29, 1.82) is 0 Å². The molecule has 0 saturated carbocycles. The molecule has 1 atom stereocenters. The van der Waals surface area contributed by atoms with Crippen molar-refractivity contribution in [3.8, 4) is 0 Å². The van der Waals surface area contributed by atoms with Gasteiger partial charge in [-0.2, -0.15) is 4.37 Å². The molecule has 2 amide bonds. The van der Waals surface area contributed by atoms with E-state index in [9.17, 15) is 18.0 Å². The van der Waals surface area contributed by atoms with E-state index >= 15 is 0 Å². The summed E-state index contributed by atoms with van der Waals surface area (Å²) < 4.78 is 26.7. The molecule has 0 aromatic carbocycles. The van der Waals surface area contributed by atoms with Crippen LogP contribution in [0.4, 0.5) is 16.6 Å². The van der Waals surface area contributed by atoms with Gasteiger partial charge in [0.2, 0.25) is 5.91 Å². The highest BCUT2D eigenvalue weighted by Gasteiger charge is 2.20. The van der Waals surface area contributed by atoms with Gasteiger partial charge in [0.1, 0.15) is 26.7 Å². The van der Waals surface area contributed by atoms with E-state index in [2.05, 4.69) is 25.0 Å². The maximum atomic E-state index is 11.6. The number of carbonyl (C=O) groups is 2. The maximum Gasteiger partial charge on any atom is 0.271 e. The third-order valence-corrected chi connectivity index (χ3v) is 5.09. The zero-order chi connectivity index (χ0) is 20.2. The van der Waals surface area contributed by atoms with E-state index in [1.165, 1.54) is 6.20 Å². The van der Waals surface area contributed by atoms with Crippen LogP contribution in [0.1, 0.15) is 22.6 Å². The Labute approximate surface area is 159 Å². The number of sulfone groups is 1. The Morgan fingerprint density at radius 3 is 2.56 bits per heavy atom. The third-order valence-electron chi connectivity index (χ3n) is 3.32. The van der Waals surface area contributed by atoms with Gasteiger partial charge < -0.3 is 22.1 Å². The molecule has 27 heavy (non-hydrogen) atoms. The lowest BCUT2D eigenvalue weighted by Gasteiger charge is -2.16. The van der Waals surface area contributed by atoms with Gasteiger partial charge in [-0.05, 0) is 30.9 Å². The van der Waals surface area contributed by atoms with E-state index in [4.69, 9.17) is 11.5 Å². The summed E-state index contributed by atoms with van der Waals surface area (Å²) in [6, 6.07) is 0.766. The molecule has 0 aliphatic heterocycles. The number of aryl methyl sites for hydroxylation is 1. The largest absolute Gasteiger partial charge is 0.368 e. The predicted octanol–water partition coefficient (Wildman–Crippen LogP) is -0.215. The quantitative estimate of drug-likeness (QED) is 0.432. The SMILES string of the molecule is Cc1cc(Nc2nc(NC(CCS(C)(=O)=O)C(N)=O)cnc2C(N)=O)sn1. The average molecular weight is 413 g/mol. The number of nitrogens with two attached hydrogens (primary N) is 2. The molecule has 1 unspecified atom stereocenters. The van der Waals surface area contributed by atoms with Crippen LogP contribution in [0.15, 0.2) is 12.3 Å². The Balaban J connectivity index is 2.26. The highest BCUT2D eigenvalue weighted by molar-refractivity contribution is 7.90. The van der Waals surface area contributed by atoms with Crippen molar-refractivity contribution in [3.05, 3.63) is 23.7 Å². The molecular formula is C14H19N7O4S2. The lowest BCUT2D eigenvalue weighted by molar-refractivity contribution is -0.118. The van der Waals surface area contributed by atoms with E-state index in [1.54, 1.807) is 13.0 Å². The molecule has 11 nitrogen and oxygen atoms in total. The highest BCUT2D eigenvalue weighted by atomic mass is 32.2. The molecule has 0 spiro atoms. The zero-order valence-electron chi connectivity index (χ0n) is 14.6. The summed E-state index contributed by atoms with van der Waals surface area (Å²) in [4.78, 5) is 31.3. The molecule has 2 aromatic heterocycles. The summed E-state index contributed by atoms with van der Waals surface area (Å²) in [5, 5.41) is 6.25. The van der Waals surface area contributed by atoms with Crippen molar-refractivity contribution in [2.75, 3.05) is 22.6 Å². The van der Waals surface area contributed by atoms with Gasteiger partial charge in [-0.25, -0.2) is 18.4 Å². The summed E-state index contributed by atoms with van der Waals surface area (Å²) in [7, 11) is -3.27. The van der Waals surface area contributed by atoms with Crippen molar-refractivity contribution in [2.24, 2.45) is 11.5 Å². The van der Waals surface area contributed by atoms with Crippen molar-refractivity contribution >= 4 is 49.8 Å². The van der Waals surface area contributed by atoms with E-state index in [0.717, 1.165) is 23.5 Å². The molecule has 0 aliphatic carbocycles. The molecule has 2 heterocycles. The Morgan fingerprint density at radius 1 is 1.33 bits per heavy atom. The molecular weight excluding hydrogens is 394 g/mol. The molecule has 0 fully saturated rings. The minimum absolute atomic E-state index is 0.0375. The van der Waals surface area contributed by atoms with Gasteiger partial charge in [-0.15, -0.1) is 0 Å². The van der Waals surface area contributed by atoms with Crippen LogP contribution in [0, 0.1) is 6.92 Å². The first-order chi connectivity index (χ1) is 12.5.